The van der Waals surface area contributed by atoms with Crippen LogP contribution in [0, 0.1) is 5.92 Å². The van der Waals surface area contributed by atoms with Crippen LogP contribution in [0.15, 0.2) is 23.8 Å². The number of hydrogen-bond donors (Lipinski definition) is 1. The van der Waals surface area contributed by atoms with Gasteiger partial charge in [-0.05, 0) is 36.6 Å². The van der Waals surface area contributed by atoms with Crippen molar-refractivity contribution in [3.05, 3.63) is 34.4 Å². The standard InChI is InChI=1S/C16H24ClNO/c1-5-8-18-11-14(12(2)3)9-13-6-7-16(19-4)15(17)10-13/h6-7,9-10,12,18H,5,8,11H2,1-4H3. The molecule has 0 heterocycles. The van der Waals surface area contributed by atoms with Gasteiger partial charge in [-0.1, -0.05) is 50.1 Å². The summed E-state index contributed by atoms with van der Waals surface area (Å²) in [6, 6.07) is 5.89. The summed E-state index contributed by atoms with van der Waals surface area (Å²) >= 11 is 6.15. The highest BCUT2D eigenvalue weighted by atomic mass is 35.5. The van der Waals surface area contributed by atoms with E-state index < -0.39 is 0 Å². The molecule has 1 rings (SSSR count). The highest BCUT2D eigenvalue weighted by Crippen LogP contribution is 2.26. The lowest BCUT2D eigenvalue weighted by Crippen LogP contribution is -2.19. The van der Waals surface area contributed by atoms with E-state index in [0.717, 1.165) is 25.1 Å². The van der Waals surface area contributed by atoms with Crippen LogP contribution in [0.4, 0.5) is 0 Å². The van der Waals surface area contributed by atoms with Gasteiger partial charge < -0.3 is 10.1 Å². The zero-order chi connectivity index (χ0) is 14.3. The van der Waals surface area contributed by atoms with E-state index in [2.05, 4.69) is 32.2 Å². The molecule has 0 unspecified atom stereocenters. The van der Waals surface area contributed by atoms with Crippen LogP contribution in [0.3, 0.4) is 0 Å². The van der Waals surface area contributed by atoms with Crippen molar-refractivity contribution >= 4 is 17.7 Å². The van der Waals surface area contributed by atoms with Gasteiger partial charge in [0.15, 0.2) is 0 Å². The highest BCUT2D eigenvalue weighted by molar-refractivity contribution is 6.32. The third-order valence-corrected chi connectivity index (χ3v) is 3.32. The maximum atomic E-state index is 6.15. The summed E-state index contributed by atoms with van der Waals surface area (Å²) in [4.78, 5) is 0. The van der Waals surface area contributed by atoms with Crippen molar-refractivity contribution in [1.82, 2.24) is 5.32 Å². The lowest BCUT2D eigenvalue weighted by atomic mass is 10.00. The summed E-state index contributed by atoms with van der Waals surface area (Å²) in [6.45, 7) is 8.58. The van der Waals surface area contributed by atoms with Crippen LogP contribution in [-0.4, -0.2) is 20.2 Å². The molecule has 0 aliphatic heterocycles. The number of ether oxygens (including phenoxy) is 1. The van der Waals surface area contributed by atoms with Gasteiger partial charge in [0.2, 0.25) is 0 Å². The van der Waals surface area contributed by atoms with E-state index in [-0.39, 0.29) is 0 Å². The molecule has 0 aromatic heterocycles. The van der Waals surface area contributed by atoms with Crippen LogP contribution in [0.1, 0.15) is 32.8 Å². The van der Waals surface area contributed by atoms with Crippen molar-refractivity contribution in [3.63, 3.8) is 0 Å². The van der Waals surface area contributed by atoms with E-state index in [1.807, 2.05) is 18.2 Å². The molecule has 0 saturated heterocycles. The Hall–Kier alpha value is -0.990. The molecule has 0 bridgehead atoms. The quantitative estimate of drug-likeness (QED) is 0.749. The van der Waals surface area contributed by atoms with Gasteiger partial charge in [0, 0.05) is 6.54 Å². The van der Waals surface area contributed by atoms with Crippen molar-refractivity contribution < 1.29 is 4.74 Å². The van der Waals surface area contributed by atoms with Gasteiger partial charge in [0.1, 0.15) is 5.75 Å². The van der Waals surface area contributed by atoms with E-state index in [1.54, 1.807) is 7.11 Å². The first-order valence-electron chi connectivity index (χ1n) is 6.83. The normalized spacial score (nSPS) is 12.0. The average molecular weight is 282 g/mol. The first-order chi connectivity index (χ1) is 9.08. The van der Waals surface area contributed by atoms with Gasteiger partial charge in [-0.15, -0.1) is 0 Å². The summed E-state index contributed by atoms with van der Waals surface area (Å²) in [5, 5.41) is 4.10. The molecule has 0 saturated carbocycles. The number of nitrogens with one attached hydrogen (secondary N) is 1. The van der Waals surface area contributed by atoms with Crippen molar-refractivity contribution in [1.29, 1.82) is 0 Å². The lowest BCUT2D eigenvalue weighted by Gasteiger charge is -2.13. The highest BCUT2D eigenvalue weighted by Gasteiger charge is 2.05. The number of halogens is 1. The molecule has 0 fully saturated rings. The Morgan fingerprint density at radius 1 is 1.42 bits per heavy atom. The van der Waals surface area contributed by atoms with Gasteiger partial charge in [-0.2, -0.15) is 0 Å². The largest absolute Gasteiger partial charge is 0.495 e. The third-order valence-electron chi connectivity index (χ3n) is 3.03. The maximum Gasteiger partial charge on any atom is 0.137 e. The molecule has 1 aromatic carbocycles. The summed E-state index contributed by atoms with van der Waals surface area (Å²) in [7, 11) is 1.63. The first-order valence-corrected chi connectivity index (χ1v) is 7.21. The molecular weight excluding hydrogens is 258 g/mol. The molecule has 0 aliphatic carbocycles. The second-order valence-electron chi connectivity index (χ2n) is 4.94. The fourth-order valence-corrected chi connectivity index (χ4v) is 2.08. The van der Waals surface area contributed by atoms with Crippen molar-refractivity contribution in [3.8, 4) is 5.75 Å². The van der Waals surface area contributed by atoms with Crippen molar-refractivity contribution in [2.45, 2.75) is 27.2 Å². The van der Waals surface area contributed by atoms with Crippen LogP contribution in [0.2, 0.25) is 5.02 Å². The minimum absolute atomic E-state index is 0.519. The Morgan fingerprint density at radius 3 is 2.68 bits per heavy atom. The van der Waals surface area contributed by atoms with Crippen LogP contribution in [-0.2, 0) is 0 Å². The summed E-state index contributed by atoms with van der Waals surface area (Å²) in [5.74, 6) is 1.24. The summed E-state index contributed by atoms with van der Waals surface area (Å²) in [6.07, 6.45) is 3.36. The Kier molecular flexibility index (Phi) is 6.96. The molecule has 0 atom stereocenters. The zero-order valence-electron chi connectivity index (χ0n) is 12.3. The number of methoxy groups -OCH3 is 1. The molecule has 0 spiro atoms. The first kappa shape index (κ1) is 16.1. The predicted octanol–water partition coefficient (Wildman–Crippen LogP) is 4.39. The van der Waals surface area contributed by atoms with Gasteiger partial charge in [-0.3, -0.25) is 0 Å². The van der Waals surface area contributed by atoms with Gasteiger partial charge in [0.25, 0.3) is 0 Å². The third kappa shape index (κ3) is 5.25. The molecule has 1 N–H and O–H groups in total. The monoisotopic (exact) mass is 281 g/mol. The SMILES string of the molecule is CCCNCC(=Cc1ccc(OC)c(Cl)c1)C(C)C. The van der Waals surface area contributed by atoms with E-state index in [1.165, 1.54) is 5.57 Å². The fraction of sp³-hybridized carbons (Fsp3) is 0.500. The van der Waals surface area contributed by atoms with Gasteiger partial charge >= 0.3 is 0 Å². The Labute approximate surface area is 121 Å². The van der Waals surface area contributed by atoms with Crippen LogP contribution in [0.25, 0.3) is 6.08 Å². The Balaban J connectivity index is 2.85. The predicted molar refractivity (Wildman–Crippen MR) is 84.0 cm³/mol. The fourth-order valence-electron chi connectivity index (χ4n) is 1.82. The molecule has 0 aliphatic rings. The zero-order valence-corrected chi connectivity index (χ0v) is 13.1. The van der Waals surface area contributed by atoms with E-state index >= 15 is 0 Å². The Morgan fingerprint density at radius 2 is 2.16 bits per heavy atom. The number of rotatable bonds is 7. The number of hydrogen-bond acceptors (Lipinski definition) is 2. The van der Waals surface area contributed by atoms with Crippen LogP contribution < -0.4 is 10.1 Å². The molecular formula is C16H24ClNO. The average Bonchev–Trinajstić information content (AvgIpc) is 2.38. The molecule has 1 aromatic rings. The Bertz CT molecular complexity index is 427. The molecule has 0 amide bonds. The second kappa shape index (κ2) is 8.23. The lowest BCUT2D eigenvalue weighted by molar-refractivity contribution is 0.415. The summed E-state index contributed by atoms with van der Waals surface area (Å²) in [5.41, 5.74) is 2.50. The molecule has 3 heteroatoms. The molecule has 2 nitrogen and oxygen atoms in total. The second-order valence-corrected chi connectivity index (χ2v) is 5.35. The van der Waals surface area contributed by atoms with Crippen molar-refractivity contribution in [2.75, 3.05) is 20.2 Å². The minimum Gasteiger partial charge on any atom is -0.495 e. The molecule has 106 valence electrons. The number of benzene rings is 1. The molecule has 19 heavy (non-hydrogen) atoms. The van der Waals surface area contributed by atoms with Gasteiger partial charge in [0.05, 0.1) is 12.1 Å². The minimum atomic E-state index is 0.519. The van der Waals surface area contributed by atoms with E-state index in [0.29, 0.717) is 16.7 Å². The maximum absolute atomic E-state index is 6.15. The van der Waals surface area contributed by atoms with Gasteiger partial charge in [-0.25, -0.2) is 0 Å². The smallest absolute Gasteiger partial charge is 0.137 e. The summed E-state index contributed by atoms with van der Waals surface area (Å²) < 4.78 is 5.17. The molecule has 0 radical (unpaired) electrons. The topological polar surface area (TPSA) is 21.3 Å². The van der Waals surface area contributed by atoms with Crippen molar-refractivity contribution in [2.24, 2.45) is 5.92 Å². The van der Waals surface area contributed by atoms with E-state index in [4.69, 9.17) is 16.3 Å². The van der Waals surface area contributed by atoms with E-state index in [9.17, 15) is 0 Å². The van der Waals surface area contributed by atoms with Crippen LogP contribution in [0.5, 0.6) is 5.75 Å². The van der Waals surface area contributed by atoms with Crippen LogP contribution >= 0.6 is 11.6 Å².